The molecule has 3 heterocycles. The fourth-order valence-electron chi connectivity index (χ4n) is 4.44. The van der Waals surface area contributed by atoms with Crippen LogP contribution < -0.4 is 10.1 Å². The molecular weight excluding hydrogens is 348 g/mol. The van der Waals surface area contributed by atoms with Gasteiger partial charge in [-0.1, -0.05) is 18.2 Å². The molecule has 0 unspecified atom stereocenters. The molecule has 0 aliphatic carbocycles. The second-order valence-electron chi connectivity index (χ2n) is 7.27. The number of nitrogens with one attached hydrogen (secondary N) is 1. The van der Waals surface area contributed by atoms with Gasteiger partial charge in [-0.3, -0.25) is 4.79 Å². The van der Waals surface area contributed by atoms with Crippen LogP contribution in [0.4, 0.5) is 0 Å². The number of ether oxygens (including phenoxy) is 1. The summed E-state index contributed by atoms with van der Waals surface area (Å²) in [5, 5.41) is 3.41. The molecule has 2 saturated heterocycles. The number of halogens is 1. The maximum Gasteiger partial charge on any atom is 0.254 e. The zero-order chi connectivity index (χ0) is 16.8. The first-order valence-corrected chi connectivity index (χ1v) is 9.17. The summed E-state index contributed by atoms with van der Waals surface area (Å²) < 4.78 is 5.58. The Kier molecular flexibility index (Phi) is 4.63. The fourth-order valence-corrected chi connectivity index (χ4v) is 4.44. The maximum absolute atomic E-state index is 12.9. The topological polar surface area (TPSA) is 41.6 Å². The molecule has 2 aromatic carbocycles. The molecule has 1 N–H and O–H groups in total. The van der Waals surface area contributed by atoms with E-state index < -0.39 is 0 Å². The van der Waals surface area contributed by atoms with Crippen molar-refractivity contribution >= 4 is 18.3 Å². The van der Waals surface area contributed by atoms with Crippen molar-refractivity contribution < 1.29 is 9.53 Å². The number of fused-ring (bicyclic) bond motifs is 2. The molecule has 2 fully saturated rings. The molecule has 2 aromatic rings. The molecule has 0 saturated carbocycles. The van der Waals surface area contributed by atoms with Gasteiger partial charge in [-0.25, -0.2) is 0 Å². The van der Waals surface area contributed by atoms with E-state index in [-0.39, 0.29) is 18.3 Å². The number of likely N-dealkylation sites (tertiary alicyclic amines) is 1. The van der Waals surface area contributed by atoms with Crippen molar-refractivity contribution in [2.24, 2.45) is 5.92 Å². The van der Waals surface area contributed by atoms with E-state index in [9.17, 15) is 4.79 Å². The normalized spacial score (nSPS) is 23.2. The second kappa shape index (κ2) is 6.93. The first kappa shape index (κ1) is 17.4. The van der Waals surface area contributed by atoms with Crippen molar-refractivity contribution in [2.45, 2.75) is 18.9 Å². The molecular formula is C21H23ClN2O2. The number of hydrogen-bond acceptors (Lipinski definition) is 3. The molecule has 1 amide bonds. The summed E-state index contributed by atoms with van der Waals surface area (Å²) in [6.07, 6.45) is 2.10. The highest BCUT2D eigenvalue weighted by Gasteiger charge is 2.40. The van der Waals surface area contributed by atoms with E-state index in [4.69, 9.17) is 4.74 Å². The second-order valence-corrected chi connectivity index (χ2v) is 7.27. The van der Waals surface area contributed by atoms with Crippen LogP contribution in [0.5, 0.6) is 5.75 Å². The largest absolute Gasteiger partial charge is 0.493 e. The van der Waals surface area contributed by atoms with Gasteiger partial charge in [0.2, 0.25) is 0 Å². The lowest BCUT2D eigenvalue weighted by atomic mass is 10.0. The highest BCUT2D eigenvalue weighted by molar-refractivity contribution is 5.95. The van der Waals surface area contributed by atoms with Crippen LogP contribution in [-0.4, -0.2) is 43.1 Å². The van der Waals surface area contributed by atoms with Crippen LogP contribution in [0.1, 0.15) is 22.3 Å². The van der Waals surface area contributed by atoms with Crippen molar-refractivity contribution in [3.05, 3.63) is 53.6 Å². The molecule has 26 heavy (non-hydrogen) atoms. The Morgan fingerprint density at radius 3 is 2.73 bits per heavy atom. The van der Waals surface area contributed by atoms with Crippen LogP contribution in [0.2, 0.25) is 0 Å². The lowest BCUT2D eigenvalue weighted by Crippen LogP contribution is -2.39. The third kappa shape index (κ3) is 2.87. The average Bonchev–Trinajstić information content (AvgIpc) is 3.37. The van der Waals surface area contributed by atoms with Crippen LogP contribution in [-0.2, 0) is 6.42 Å². The van der Waals surface area contributed by atoms with Gasteiger partial charge in [0.25, 0.3) is 5.91 Å². The molecule has 2 atom stereocenters. The third-order valence-electron chi connectivity index (χ3n) is 5.86. The standard InChI is InChI=1S/C21H22N2O2.ClH/c24-21(23-9-7-18-12-22-13-19(18)23)15-3-1-14(2-4-15)16-5-6-20-17(11-16)8-10-25-20;/h1-6,11,18-19,22H,7-10,12-13H2;1H/t18-,19+;/m0./s1. The smallest absolute Gasteiger partial charge is 0.254 e. The summed E-state index contributed by atoms with van der Waals surface area (Å²) in [6, 6.07) is 14.8. The van der Waals surface area contributed by atoms with Gasteiger partial charge in [-0.05, 0) is 53.3 Å². The van der Waals surface area contributed by atoms with Crippen molar-refractivity contribution in [1.29, 1.82) is 0 Å². The predicted octanol–water partition coefficient (Wildman–Crippen LogP) is 3.14. The molecule has 3 aliphatic heterocycles. The molecule has 136 valence electrons. The molecule has 3 aliphatic rings. The monoisotopic (exact) mass is 370 g/mol. The van der Waals surface area contributed by atoms with Crippen LogP contribution in [0.15, 0.2) is 42.5 Å². The minimum atomic E-state index is 0. The average molecular weight is 371 g/mol. The molecule has 0 aromatic heterocycles. The first-order chi connectivity index (χ1) is 12.3. The number of nitrogens with zero attached hydrogens (tertiary/aromatic N) is 1. The number of hydrogen-bond donors (Lipinski definition) is 1. The van der Waals surface area contributed by atoms with Gasteiger partial charge in [0.05, 0.1) is 6.61 Å². The Hall–Kier alpha value is -2.04. The number of carbonyl (C=O) groups is 1. The maximum atomic E-state index is 12.9. The van der Waals surface area contributed by atoms with Crippen molar-refractivity contribution in [3.63, 3.8) is 0 Å². The van der Waals surface area contributed by atoms with E-state index in [2.05, 4.69) is 34.5 Å². The molecule has 5 heteroatoms. The van der Waals surface area contributed by atoms with E-state index in [0.717, 1.165) is 56.0 Å². The number of carbonyl (C=O) groups excluding carboxylic acids is 1. The summed E-state index contributed by atoms with van der Waals surface area (Å²) in [5.41, 5.74) is 4.40. The predicted molar refractivity (Wildman–Crippen MR) is 104 cm³/mol. The van der Waals surface area contributed by atoms with E-state index >= 15 is 0 Å². The lowest BCUT2D eigenvalue weighted by molar-refractivity contribution is 0.0737. The van der Waals surface area contributed by atoms with Crippen LogP contribution in [0, 0.1) is 5.92 Å². The molecule has 0 spiro atoms. The number of rotatable bonds is 2. The molecule has 0 bridgehead atoms. The summed E-state index contributed by atoms with van der Waals surface area (Å²) >= 11 is 0. The Labute approximate surface area is 159 Å². The van der Waals surface area contributed by atoms with Crippen LogP contribution in [0.3, 0.4) is 0 Å². The van der Waals surface area contributed by atoms with Gasteiger partial charge < -0.3 is 15.0 Å². The molecule has 5 rings (SSSR count). The van der Waals surface area contributed by atoms with E-state index in [1.807, 2.05) is 18.2 Å². The van der Waals surface area contributed by atoms with E-state index in [1.54, 1.807) is 0 Å². The summed E-state index contributed by atoms with van der Waals surface area (Å²) in [5.74, 6) is 1.81. The van der Waals surface area contributed by atoms with Gasteiger partial charge in [-0.2, -0.15) is 0 Å². The Morgan fingerprint density at radius 1 is 1.08 bits per heavy atom. The summed E-state index contributed by atoms with van der Waals surface area (Å²) in [6.45, 7) is 3.66. The van der Waals surface area contributed by atoms with Crippen molar-refractivity contribution in [3.8, 4) is 16.9 Å². The third-order valence-corrected chi connectivity index (χ3v) is 5.86. The van der Waals surface area contributed by atoms with Gasteiger partial charge in [0, 0.05) is 37.7 Å². The summed E-state index contributed by atoms with van der Waals surface area (Å²) in [7, 11) is 0. The van der Waals surface area contributed by atoms with Crippen molar-refractivity contribution in [2.75, 3.05) is 26.2 Å². The van der Waals surface area contributed by atoms with Gasteiger partial charge in [0.1, 0.15) is 5.75 Å². The fraction of sp³-hybridized carbons (Fsp3) is 0.381. The Bertz CT molecular complexity index is 821. The van der Waals surface area contributed by atoms with Gasteiger partial charge >= 0.3 is 0 Å². The van der Waals surface area contributed by atoms with Crippen molar-refractivity contribution in [1.82, 2.24) is 10.2 Å². The summed E-state index contributed by atoms with van der Waals surface area (Å²) in [4.78, 5) is 14.9. The lowest BCUT2D eigenvalue weighted by Gasteiger charge is -2.23. The quantitative estimate of drug-likeness (QED) is 0.883. The van der Waals surface area contributed by atoms with Crippen LogP contribution >= 0.6 is 12.4 Å². The number of benzene rings is 2. The minimum Gasteiger partial charge on any atom is -0.493 e. The van der Waals surface area contributed by atoms with Gasteiger partial charge in [-0.15, -0.1) is 12.4 Å². The SMILES string of the molecule is Cl.O=C(c1ccc(-c2ccc3c(c2)CCO3)cc1)N1CC[C@H]2CNC[C@H]21. The Morgan fingerprint density at radius 2 is 1.88 bits per heavy atom. The highest BCUT2D eigenvalue weighted by Crippen LogP contribution is 2.31. The zero-order valence-electron chi connectivity index (χ0n) is 14.6. The first-order valence-electron chi connectivity index (χ1n) is 9.17. The zero-order valence-corrected chi connectivity index (χ0v) is 15.4. The van der Waals surface area contributed by atoms with Gasteiger partial charge in [0.15, 0.2) is 0 Å². The molecule has 0 radical (unpaired) electrons. The molecule has 4 nitrogen and oxygen atoms in total. The highest BCUT2D eigenvalue weighted by atomic mass is 35.5. The minimum absolute atomic E-state index is 0. The van der Waals surface area contributed by atoms with Crippen LogP contribution in [0.25, 0.3) is 11.1 Å². The van der Waals surface area contributed by atoms with E-state index in [0.29, 0.717) is 12.0 Å². The van der Waals surface area contributed by atoms with E-state index in [1.165, 1.54) is 11.1 Å². The number of amides is 1. The Balaban J connectivity index is 0.00000168.